The first-order chi connectivity index (χ1) is 8.97. The molecule has 2 aromatic rings. The fraction of sp³-hybridized carbons (Fsp3) is 0.231. The van der Waals surface area contributed by atoms with Crippen molar-refractivity contribution in [2.75, 3.05) is 5.73 Å². The van der Waals surface area contributed by atoms with E-state index in [2.05, 4.69) is 10.3 Å². The van der Waals surface area contributed by atoms with Crippen molar-refractivity contribution in [2.24, 2.45) is 0 Å². The van der Waals surface area contributed by atoms with Crippen LogP contribution in [0.2, 0.25) is 5.02 Å². The molecule has 2 rings (SSSR count). The number of hydrogen-bond donors (Lipinski definition) is 2. The standard InChI is InChI=1S/C13H14ClN3O2/c1-7-8(2)19-12(17-7)6-16-13(18)10-4-3-9(15)5-11(10)14/h3-5H,6,15H2,1-2H3,(H,16,18). The summed E-state index contributed by atoms with van der Waals surface area (Å²) < 4.78 is 5.37. The predicted octanol–water partition coefficient (Wildman–Crippen LogP) is 2.46. The van der Waals surface area contributed by atoms with Crippen LogP contribution in [0.1, 0.15) is 27.7 Å². The number of nitrogens with zero attached hydrogens (tertiary/aromatic N) is 1. The number of rotatable bonds is 3. The highest BCUT2D eigenvalue weighted by molar-refractivity contribution is 6.34. The van der Waals surface area contributed by atoms with Gasteiger partial charge in [0.05, 0.1) is 22.8 Å². The monoisotopic (exact) mass is 279 g/mol. The summed E-state index contributed by atoms with van der Waals surface area (Å²) in [6.07, 6.45) is 0. The van der Waals surface area contributed by atoms with E-state index in [0.717, 1.165) is 11.5 Å². The minimum Gasteiger partial charge on any atom is -0.444 e. The van der Waals surface area contributed by atoms with Gasteiger partial charge in [-0.05, 0) is 32.0 Å². The Labute approximate surface area is 115 Å². The van der Waals surface area contributed by atoms with Crippen molar-refractivity contribution in [3.05, 3.63) is 46.1 Å². The first-order valence-corrected chi connectivity index (χ1v) is 6.11. The minimum atomic E-state index is -0.293. The zero-order valence-corrected chi connectivity index (χ0v) is 11.4. The third kappa shape index (κ3) is 3.06. The Bertz CT molecular complexity index is 603. The Morgan fingerprint density at radius 1 is 1.47 bits per heavy atom. The van der Waals surface area contributed by atoms with E-state index in [4.69, 9.17) is 21.8 Å². The molecule has 100 valence electrons. The Balaban J connectivity index is 2.05. The van der Waals surface area contributed by atoms with Crippen molar-refractivity contribution in [2.45, 2.75) is 20.4 Å². The van der Waals surface area contributed by atoms with E-state index in [0.29, 0.717) is 22.2 Å². The smallest absolute Gasteiger partial charge is 0.253 e. The molecule has 0 spiro atoms. The van der Waals surface area contributed by atoms with E-state index in [9.17, 15) is 4.79 Å². The number of carbonyl (C=O) groups excluding carboxylic acids is 1. The maximum absolute atomic E-state index is 11.9. The highest BCUT2D eigenvalue weighted by Gasteiger charge is 2.12. The Kier molecular flexibility index (Phi) is 3.76. The number of nitrogen functional groups attached to an aromatic ring is 1. The average Bonchev–Trinajstić information content (AvgIpc) is 2.66. The second-order valence-electron chi connectivity index (χ2n) is 4.17. The van der Waals surface area contributed by atoms with Crippen molar-refractivity contribution in [3.63, 3.8) is 0 Å². The van der Waals surface area contributed by atoms with Crippen LogP contribution in [0.5, 0.6) is 0 Å². The molecule has 0 aliphatic carbocycles. The topological polar surface area (TPSA) is 81.2 Å². The number of nitrogens with two attached hydrogens (primary N) is 1. The molecule has 0 unspecified atom stereocenters. The summed E-state index contributed by atoms with van der Waals surface area (Å²) in [6, 6.07) is 4.75. The van der Waals surface area contributed by atoms with E-state index in [-0.39, 0.29) is 12.5 Å². The molecule has 0 saturated carbocycles. The van der Waals surface area contributed by atoms with Gasteiger partial charge in [0.2, 0.25) is 5.89 Å². The normalized spacial score (nSPS) is 10.5. The molecule has 0 radical (unpaired) electrons. The molecular weight excluding hydrogens is 266 g/mol. The lowest BCUT2D eigenvalue weighted by Crippen LogP contribution is -2.23. The van der Waals surface area contributed by atoms with E-state index in [1.54, 1.807) is 12.1 Å². The molecule has 0 atom stereocenters. The van der Waals surface area contributed by atoms with Gasteiger partial charge in [-0.2, -0.15) is 0 Å². The number of amides is 1. The van der Waals surface area contributed by atoms with Gasteiger partial charge < -0.3 is 15.5 Å². The molecule has 1 aromatic heterocycles. The minimum absolute atomic E-state index is 0.216. The quantitative estimate of drug-likeness (QED) is 0.846. The molecule has 5 nitrogen and oxygen atoms in total. The Morgan fingerprint density at radius 2 is 2.21 bits per heavy atom. The summed E-state index contributed by atoms with van der Waals surface area (Å²) in [5.74, 6) is 0.920. The Morgan fingerprint density at radius 3 is 2.79 bits per heavy atom. The molecule has 0 saturated heterocycles. The van der Waals surface area contributed by atoms with Gasteiger partial charge in [0, 0.05) is 5.69 Å². The van der Waals surface area contributed by atoms with Gasteiger partial charge in [0.25, 0.3) is 5.91 Å². The van der Waals surface area contributed by atoms with Crippen LogP contribution in [0.4, 0.5) is 5.69 Å². The summed E-state index contributed by atoms with van der Waals surface area (Å²) in [5.41, 5.74) is 7.27. The van der Waals surface area contributed by atoms with Crippen molar-refractivity contribution < 1.29 is 9.21 Å². The number of benzene rings is 1. The van der Waals surface area contributed by atoms with Crippen LogP contribution in [-0.4, -0.2) is 10.9 Å². The van der Waals surface area contributed by atoms with Crippen LogP contribution in [0, 0.1) is 13.8 Å². The zero-order chi connectivity index (χ0) is 14.0. The molecule has 19 heavy (non-hydrogen) atoms. The number of hydrogen-bond acceptors (Lipinski definition) is 4. The number of anilines is 1. The molecule has 0 fully saturated rings. The van der Waals surface area contributed by atoms with Gasteiger partial charge in [0.1, 0.15) is 5.76 Å². The summed E-state index contributed by atoms with van der Waals surface area (Å²) in [6.45, 7) is 3.89. The summed E-state index contributed by atoms with van der Waals surface area (Å²) in [5, 5.41) is 3.01. The van der Waals surface area contributed by atoms with Crippen LogP contribution in [0.25, 0.3) is 0 Å². The number of oxazole rings is 1. The number of aryl methyl sites for hydroxylation is 2. The van der Waals surface area contributed by atoms with Crippen molar-refractivity contribution >= 4 is 23.2 Å². The van der Waals surface area contributed by atoms with Gasteiger partial charge in [-0.1, -0.05) is 11.6 Å². The fourth-order valence-corrected chi connectivity index (χ4v) is 1.86. The van der Waals surface area contributed by atoms with Crippen molar-refractivity contribution in [1.29, 1.82) is 0 Å². The molecule has 1 aromatic carbocycles. The van der Waals surface area contributed by atoms with Gasteiger partial charge >= 0.3 is 0 Å². The summed E-state index contributed by atoms with van der Waals surface area (Å²) >= 11 is 5.96. The zero-order valence-electron chi connectivity index (χ0n) is 10.7. The third-order valence-electron chi connectivity index (χ3n) is 2.71. The first-order valence-electron chi connectivity index (χ1n) is 5.73. The summed E-state index contributed by atoms with van der Waals surface area (Å²) in [7, 11) is 0. The van der Waals surface area contributed by atoms with Gasteiger partial charge in [-0.25, -0.2) is 4.98 Å². The van der Waals surface area contributed by atoms with E-state index >= 15 is 0 Å². The Hall–Kier alpha value is -2.01. The number of carbonyl (C=O) groups is 1. The largest absolute Gasteiger partial charge is 0.444 e. The van der Waals surface area contributed by atoms with Crippen molar-refractivity contribution in [3.8, 4) is 0 Å². The van der Waals surface area contributed by atoms with Crippen LogP contribution in [0.3, 0.4) is 0 Å². The summed E-state index contributed by atoms with van der Waals surface area (Å²) in [4.78, 5) is 16.1. The predicted molar refractivity (Wildman–Crippen MR) is 73.0 cm³/mol. The van der Waals surface area contributed by atoms with Gasteiger partial charge in [0.15, 0.2) is 0 Å². The third-order valence-corrected chi connectivity index (χ3v) is 3.02. The van der Waals surface area contributed by atoms with E-state index in [1.807, 2.05) is 13.8 Å². The lowest BCUT2D eigenvalue weighted by atomic mass is 10.2. The van der Waals surface area contributed by atoms with Gasteiger partial charge in [-0.3, -0.25) is 4.79 Å². The average molecular weight is 280 g/mol. The van der Waals surface area contributed by atoms with Crippen LogP contribution in [-0.2, 0) is 6.54 Å². The number of aromatic nitrogens is 1. The molecule has 0 aliphatic heterocycles. The molecule has 0 bridgehead atoms. The molecule has 1 heterocycles. The van der Waals surface area contributed by atoms with Gasteiger partial charge in [-0.15, -0.1) is 0 Å². The van der Waals surface area contributed by atoms with Crippen LogP contribution >= 0.6 is 11.6 Å². The second kappa shape index (κ2) is 5.32. The first kappa shape index (κ1) is 13.4. The highest BCUT2D eigenvalue weighted by Crippen LogP contribution is 2.19. The number of nitrogens with one attached hydrogen (secondary N) is 1. The van der Waals surface area contributed by atoms with Crippen molar-refractivity contribution in [1.82, 2.24) is 10.3 Å². The molecule has 0 aliphatic rings. The highest BCUT2D eigenvalue weighted by atomic mass is 35.5. The maximum Gasteiger partial charge on any atom is 0.253 e. The maximum atomic E-state index is 11.9. The second-order valence-corrected chi connectivity index (χ2v) is 4.58. The molecular formula is C13H14ClN3O2. The molecule has 1 amide bonds. The van der Waals surface area contributed by atoms with Crippen LogP contribution in [0.15, 0.2) is 22.6 Å². The fourth-order valence-electron chi connectivity index (χ4n) is 1.58. The number of halogens is 1. The van der Waals surface area contributed by atoms with E-state index < -0.39 is 0 Å². The SMILES string of the molecule is Cc1nc(CNC(=O)c2ccc(N)cc2Cl)oc1C. The van der Waals surface area contributed by atoms with Crippen LogP contribution < -0.4 is 11.1 Å². The molecule has 6 heteroatoms. The lowest BCUT2D eigenvalue weighted by molar-refractivity contribution is 0.0947. The van der Waals surface area contributed by atoms with E-state index in [1.165, 1.54) is 6.07 Å². The molecule has 3 N–H and O–H groups in total. The lowest BCUT2D eigenvalue weighted by Gasteiger charge is -2.05.